The van der Waals surface area contributed by atoms with E-state index in [9.17, 15) is 4.79 Å². The van der Waals surface area contributed by atoms with E-state index in [0.717, 1.165) is 93.2 Å². The highest BCUT2D eigenvalue weighted by atomic mass is 16.1. The third kappa shape index (κ3) is 4.27. The van der Waals surface area contributed by atoms with Crippen molar-refractivity contribution in [1.29, 1.82) is 0 Å². The van der Waals surface area contributed by atoms with Gasteiger partial charge >= 0.3 is 0 Å². The Morgan fingerprint density at radius 1 is 0.383 bits per heavy atom. The van der Waals surface area contributed by atoms with Crippen molar-refractivity contribution < 1.29 is 4.79 Å². The normalized spacial score (nSPS) is 18.8. The zero-order valence-corrected chi connectivity index (χ0v) is 31.7. The van der Waals surface area contributed by atoms with Gasteiger partial charge in [-0.1, -0.05) is 97.1 Å². The summed E-state index contributed by atoms with van der Waals surface area (Å²) in [6, 6.07) is 50.8. The van der Waals surface area contributed by atoms with Gasteiger partial charge in [-0.2, -0.15) is 0 Å². The SMILES string of the molecule is O=CCC1n2c3c4cc5ccccc5cc4c2/N=C2N=C(/N=c4/c5cc6ccccc6cc5/c(n41)=N/C1=NC(=N\3)/c3cc4ccccc4cc31)c1cc3ccccc3cc1\2. The summed E-state index contributed by atoms with van der Waals surface area (Å²) < 4.78 is 4.24. The molecule has 0 saturated heterocycles. The van der Waals surface area contributed by atoms with Crippen molar-refractivity contribution in [1.82, 2.24) is 9.13 Å². The Balaban J connectivity index is 1.25. The van der Waals surface area contributed by atoms with E-state index >= 15 is 0 Å². The summed E-state index contributed by atoms with van der Waals surface area (Å²) in [6.45, 7) is 0. The Bertz CT molecular complexity index is 3710. The number of carbonyl (C=O) groups is 1. The second-order valence-corrected chi connectivity index (χ2v) is 15.9. The number of amidine groups is 4. The number of aromatic nitrogens is 2. The first-order valence-corrected chi connectivity index (χ1v) is 20.1. The van der Waals surface area contributed by atoms with E-state index in [1.165, 1.54) is 0 Å². The Hall–Kier alpha value is -8.17. The minimum Gasteiger partial charge on any atom is -0.303 e. The van der Waals surface area contributed by atoms with Crippen LogP contribution in [-0.2, 0) is 4.79 Å². The van der Waals surface area contributed by atoms with Crippen LogP contribution in [0.4, 0.5) is 11.6 Å². The molecule has 6 bridgehead atoms. The summed E-state index contributed by atoms with van der Waals surface area (Å²) in [4.78, 5) is 45.9. The van der Waals surface area contributed by atoms with Crippen LogP contribution >= 0.6 is 0 Å². The molecule has 0 N–H and O–H groups in total. The standard InChI is InChI=1S/C51H28N8O/c60-18-17-43-58-48-39-23-31-13-5-6-14-32(31)24-40(39)50(58)56-46-37-21-29-11-3-4-12-30(29)22-38(37)47(53-46)57-51-42-26-34-16-8-7-15-33(34)25-41(42)49(59(43)51)55-45-36-20-28-10-2-1-9-27(28)19-35(36)44(52-45)54-48/h1-16,18-26,43H,17H2/b54-44-,54-48?,55-45?,55-49-,56-46-,56-50?,57-47?,57-51-. The summed E-state index contributed by atoms with van der Waals surface area (Å²) in [7, 11) is 0. The predicted molar refractivity (Wildman–Crippen MR) is 240 cm³/mol. The molecule has 10 aromatic rings. The first-order valence-electron chi connectivity index (χ1n) is 20.1. The van der Waals surface area contributed by atoms with Crippen LogP contribution in [0.2, 0.25) is 0 Å². The fourth-order valence-electron chi connectivity index (χ4n) is 9.78. The van der Waals surface area contributed by atoms with E-state index in [-0.39, 0.29) is 6.42 Å². The van der Waals surface area contributed by atoms with Gasteiger partial charge in [-0.3, -0.25) is 9.13 Å². The van der Waals surface area contributed by atoms with Crippen molar-refractivity contribution >= 4 is 106 Å². The average Bonchev–Trinajstić information content (AvgIpc) is 3.97. The van der Waals surface area contributed by atoms with Crippen molar-refractivity contribution in [3.63, 3.8) is 0 Å². The quantitative estimate of drug-likeness (QED) is 0.161. The zero-order valence-electron chi connectivity index (χ0n) is 31.7. The molecule has 4 aliphatic rings. The van der Waals surface area contributed by atoms with Crippen molar-refractivity contribution in [2.24, 2.45) is 30.0 Å². The molecule has 1 atom stereocenters. The topological polar surface area (TPSA) is 101 Å². The van der Waals surface area contributed by atoms with Crippen LogP contribution in [0.15, 0.2) is 176 Å². The summed E-state index contributed by atoms with van der Waals surface area (Å²) in [6.07, 6.45) is 0.395. The molecule has 0 saturated carbocycles. The zero-order chi connectivity index (χ0) is 39.2. The van der Waals surface area contributed by atoms with Crippen molar-refractivity contribution in [3.05, 3.63) is 179 Å². The fraction of sp³-hybridized carbons (Fsp3) is 0.0392. The van der Waals surface area contributed by atoms with Gasteiger partial charge in [-0.25, -0.2) is 30.0 Å². The van der Waals surface area contributed by atoms with Gasteiger partial charge in [0.05, 0.1) is 0 Å². The first-order chi connectivity index (χ1) is 29.6. The molecule has 0 spiro atoms. The number of carbonyl (C=O) groups excluding carboxylic acids is 1. The molecule has 2 aromatic heterocycles. The highest BCUT2D eigenvalue weighted by Gasteiger charge is 2.34. The molecule has 278 valence electrons. The molecule has 4 aliphatic heterocycles. The highest BCUT2D eigenvalue weighted by Crippen LogP contribution is 2.45. The van der Waals surface area contributed by atoms with E-state index in [0.29, 0.717) is 46.0 Å². The number of rotatable bonds is 2. The Morgan fingerprint density at radius 2 is 0.700 bits per heavy atom. The van der Waals surface area contributed by atoms with Crippen molar-refractivity contribution in [2.45, 2.75) is 12.6 Å². The molecule has 0 aliphatic carbocycles. The molecule has 9 heteroatoms. The lowest BCUT2D eigenvalue weighted by molar-refractivity contribution is -0.108. The molecule has 6 heterocycles. The second kappa shape index (κ2) is 11.5. The van der Waals surface area contributed by atoms with Gasteiger partial charge in [0, 0.05) is 50.2 Å². The molecule has 14 rings (SSSR count). The number of hydrogen-bond donors (Lipinski definition) is 0. The van der Waals surface area contributed by atoms with Gasteiger partial charge in [0.1, 0.15) is 35.1 Å². The fourth-order valence-corrected chi connectivity index (χ4v) is 9.78. The molecule has 0 amide bonds. The molecular weight excluding hydrogens is 741 g/mol. The second-order valence-electron chi connectivity index (χ2n) is 15.9. The molecule has 9 nitrogen and oxygen atoms in total. The lowest BCUT2D eigenvalue weighted by Crippen LogP contribution is -2.37. The van der Waals surface area contributed by atoms with Crippen LogP contribution in [0, 0.1) is 0 Å². The minimum absolute atomic E-state index is 0.0917. The number of fused-ring (bicyclic) bond motifs is 18. The summed E-state index contributed by atoms with van der Waals surface area (Å²) in [5, 5.41) is 12.2. The van der Waals surface area contributed by atoms with Crippen LogP contribution < -0.4 is 11.0 Å². The number of aldehydes is 1. The van der Waals surface area contributed by atoms with Crippen molar-refractivity contribution in [2.75, 3.05) is 0 Å². The Morgan fingerprint density at radius 3 is 1.05 bits per heavy atom. The van der Waals surface area contributed by atoms with Gasteiger partial charge < -0.3 is 4.79 Å². The van der Waals surface area contributed by atoms with Gasteiger partial charge in [0.15, 0.2) is 23.3 Å². The summed E-state index contributed by atoms with van der Waals surface area (Å²) in [5.41, 5.74) is 4.85. The van der Waals surface area contributed by atoms with E-state index < -0.39 is 6.17 Å². The maximum absolute atomic E-state index is 13.2. The molecule has 60 heavy (non-hydrogen) atoms. The van der Waals surface area contributed by atoms with Crippen molar-refractivity contribution in [3.8, 4) is 0 Å². The molecule has 1 unspecified atom stereocenters. The number of nitrogens with zero attached hydrogens (tertiary/aromatic N) is 8. The summed E-state index contributed by atoms with van der Waals surface area (Å²) in [5.74, 6) is 3.50. The lowest BCUT2D eigenvalue weighted by atomic mass is 10.0. The molecule has 0 radical (unpaired) electrons. The molecule has 8 aromatic carbocycles. The van der Waals surface area contributed by atoms with Gasteiger partial charge in [-0.15, -0.1) is 0 Å². The Kier molecular flexibility index (Phi) is 6.10. The monoisotopic (exact) mass is 768 g/mol. The third-order valence-corrected chi connectivity index (χ3v) is 12.6. The van der Waals surface area contributed by atoms with Crippen LogP contribution in [0.1, 0.15) is 34.8 Å². The summed E-state index contributed by atoms with van der Waals surface area (Å²) >= 11 is 0. The van der Waals surface area contributed by atoms with E-state index in [4.69, 9.17) is 30.0 Å². The maximum Gasteiger partial charge on any atom is 0.164 e. The van der Waals surface area contributed by atoms with Gasteiger partial charge in [0.2, 0.25) is 0 Å². The number of hydrogen-bond acceptors (Lipinski definition) is 7. The first kappa shape index (κ1) is 31.9. The van der Waals surface area contributed by atoms with Gasteiger partial charge in [0.25, 0.3) is 0 Å². The van der Waals surface area contributed by atoms with E-state index in [1.54, 1.807) is 0 Å². The lowest BCUT2D eigenvalue weighted by Gasteiger charge is -2.23. The number of benzene rings is 8. The smallest absolute Gasteiger partial charge is 0.164 e. The largest absolute Gasteiger partial charge is 0.303 e. The number of aliphatic imine (C=N–C) groups is 4. The average molecular weight is 769 g/mol. The van der Waals surface area contributed by atoms with Crippen LogP contribution in [-0.4, -0.2) is 38.8 Å². The maximum atomic E-state index is 13.2. The minimum atomic E-state index is -0.676. The van der Waals surface area contributed by atoms with Crippen LogP contribution in [0.5, 0.6) is 0 Å². The predicted octanol–water partition coefficient (Wildman–Crippen LogP) is 9.79. The molecular formula is C51H28N8O. The Labute approximate surface area is 340 Å². The molecule has 0 fully saturated rings. The van der Waals surface area contributed by atoms with E-state index in [1.807, 2.05) is 24.3 Å². The van der Waals surface area contributed by atoms with Crippen LogP contribution in [0.25, 0.3) is 64.6 Å². The third-order valence-electron chi connectivity index (χ3n) is 12.6. The van der Waals surface area contributed by atoms with Gasteiger partial charge in [-0.05, 0) is 91.6 Å². The van der Waals surface area contributed by atoms with E-state index in [2.05, 4.69) is 130 Å². The van der Waals surface area contributed by atoms with Crippen LogP contribution in [0.3, 0.4) is 0 Å². The highest BCUT2D eigenvalue weighted by molar-refractivity contribution is 6.27.